The molecular formula is C36H50N4O4. The molecule has 4 rings (SSSR count). The second kappa shape index (κ2) is 14.0. The Morgan fingerprint density at radius 1 is 1.02 bits per heavy atom. The van der Waals surface area contributed by atoms with E-state index >= 15 is 0 Å². The summed E-state index contributed by atoms with van der Waals surface area (Å²) in [5.41, 5.74) is 4.79. The minimum atomic E-state index is -0.926. The Kier molecular flexibility index (Phi) is 10.6. The zero-order chi connectivity index (χ0) is 32.1. The summed E-state index contributed by atoms with van der Waals surface area (Å²) in [4.78, 5) is 27.9. The number of piperidine rings is 1. The summed E-state index contributed by atoms with van der Waals surface area (Å²) in [6, 6.07) is 13.9. The van der Waals surface area contributed by atoms with Crippen molar-refractivity contribution < 1.29 is 19.0 Å². The topological polar surface area (TPSA) is 77.0 Å². The predicted molar refractivity (Wildman–Crippen MR) is 177 cm³/mol. The van der Waals surface area contributed by atoms with Gasteiger partial charge in [-0.1, -0.05) is 32.0 Å². The number of rotatable bonds is 11. The number of nitrogens with zero attached hydrogens (tertiary/aromatic N) is 4. The molecule has 238 valence electrons. The quantitative estimate of drug-likeness (QED) is 0.210. The highest BCUT2D eigenvalue weighted by atomic mass is 16.6. The van der Waals surface area contributed by atoms with Crippen LogP contribution in [0.4, 0.5) is 11.4 Å². The van der Waals surface area contributed by atoms with E-state index in [1.165, 1.54) is 0 Å². The SMILES string of the molecule is Cc1ncc(-c2ccc(N(C)CCOc3ccccc3)cn2)c(N2CCC(C)(C)CC2)c1[C@H](OC(C)(C)C)C(=O)OC(C)C. The predicted octanol–water partition coefficient (Wildman–Crippen LogP) is 7.40. The molecule has 0 amide bonds. The van der Waals surface area contributed by atoms with Crippen LogP contribution in [0.15, 0.2) is 54.9 Å². The van der Waals surface area contributed by atoms with Gasteiger partial charge < -0.3 is 24.0 Å². The van der Waals surface area contributed by atoms with E-state index in [9.17, 15) is 4.79 Å². The summed E-state index contributed by atoms with van der Waals surface area (Å²) in [6.45, 7) is 19.2. The van der Waals surface area contributed by atoms with Crippen molar-refractivity contribution in [3.05, 3.63) is 66.1 Å². The number of carbonyl (C=O) groups excluding carboxylic acids is 1. The molecule has 3 heterocycles. The zero-order valence-corrected chi connectivity index (χ0v) is 28.0. The highest BCUT2D eigenvalue weighted by molar-refractivity contribution is 5.86. The third-order valence-electron chi connectivity index (χ3n) is 7.92. The third kappa shape index (κ3) is 8.72. The zero-order valence-electron chi connectivity index (χ0n) is 28.0. The first kappa shape index (κ1) is 33.2. The maximum absolute atomic E-state index is 13.6. The van der Waals surface area contributed by atoms with Crippen molar-refractivity contribution >= 4 is 17.3 Å². The Balaban J connectivity index is 1.71. The second-order valence-electron chi connectivity index (χ2n) is 13.8. The number of ether oxygens (including phenoxy) is 3. The average Bonchev–Trinajstić information content (AvgIpc) is 2.96. The van der Waals surface area contributed by atoms with Gasteiger partial charge in [0.2, 0.25) is 0 Å². The van der Waals surface area contributed by atoms with Gasteiger partial charge in [0.05, 0.1) is 41.5 Å². The monoisotopic (exact) mass is 602 g/mol. The molecule has 1 aliphatic rings. The fraction of sp³-hybridized carbons (Fsp3) is 0.528. The van der Waals surface area contributed by atoms with Gasteiger partial charge in [0, 0.05) is 43.2 Å². The second-order valence-corrected chi connectivity index (χ2v) is 13.8. The van der Waals surface area contributed by atoms with Crippen molar-refractivity contribution in [2.24, 2.45) is 5.41 Å². The molecule has 1 saturated heterocycles. The molecule has 1 aromatic carbocycles. The molecule has 8 nitrogen and oxygen atoms in total. The van der Waals surface area contributed by atoms with E-state index in [2.05, 4.69) is 29.7 Å². The van der Waals surface area contributed by atoms with Gasteiger partial charge in [-0.3, -0.25) is 9.97 Å². The summed E-state index contributed by atoms with van der Waals surface area (Å²) in [5, 5.41) is 0. The van der Waals surface area contributed by atoms with Crippen molar-refractivity contribution in [3.63, 3.8) is 0 Å². The lowest BCUT2D eigenvalue weighted by Gasteiger charge is -2.41. The number of aryl methyl sites for hydroxylation is 1. The Labute approximate surface area is 263 Å². The van der Waals surface area contributed by atoms with Gasteiger partial charge in [-0.2, -0.15) is 0 Å². The lowest BCUT2D eigenvalue weighted by Crippen LogP contribution is -2.39. The molecule has 1 atom stereocenters. The molecule has 8 heteroatoms. The normalized spacial score (nSPS) is 15.6. The van der Waals surface area contributed by atoms with Crippen molar-refractivity contribution in [1.82, 2.24) is 9.97 Å². The fourth-order valence-corrected chi connectivity index (χ4v) is 5.38. The van der Waals surface area contributed by atoms with Crippen LogP contribution in [-0.4, -0.2) is 60.9 Å². The highest BCUT2D eigenvalue weighted by Crippen LogP contribution is 2.43. The molecule has 0 bridgehead atoms. The van der Waals surface area contributed by atoms with E-state index < -0.39 is 17.7 Å². The molecule has 0 unspecified atom stereocenters. The van der Waals surface area contributed by atoms with E-state index in [-0.39, 0.29) is 11.5 Å². The fourth-order valence-electron chi connectivity index (χ4n) is 5.38. The number of hydrogen-bond acceptors (Lipinski definition) is 8. The van der Waals surface area contributed by atoms with Gasteiger partial charge in [-0.05, 0) is 84.1 Å². The highest BCUT2D eigenvalue weighted by Gasteiger charge is 2.37. The molecule has 0 spiro atoms. The summed E-state index contributed by atoms with van der Waals surface area (Å²) >= 11 is 0. The van der Waals surface area contributed by atoms with Gasteiger partial charge in [0.25, 0.3) is 0 Å². The van der Waals surface area contributed by atoms with Gasteiger partial charge in [-0.15, -0.1) is 0 Å². The van der Waals surface area contributed by atoms with E-state index in [1.807, 2.05) is 97.4 Å². The van der Waals surface area contributed by atoms with Gasteiger partial charge in [0.15, 0.2) is 6.10 Å². The smallest absolute Gasteiger partial charge is 0.340 e. The van der Waals surface area contributed by atoms with Crippen LogP contribution in [-0.2, 0) is 14.3 Å². The Bertz CT molecular complexity index is 1370. The molecule has 1 fully saturated rings. The average molecular weight is 603 g/mol. The van der Waals surface area contributed by atoms with Crippen LogP contribution in [0.3, 0.4) is 0 Å². The molecule has 0 radical (unpaired) electrons. The van der Waals surface area contributed by atoms with Crippen LogP contribution in [0, 0.1) is 12.3 Å². The first-order chi connectivity index (χ1) is 20.7. The molecule has 44 heavy (non-hydrogen) atoms. The number of para-hydroxylation sites is 1. The standard InChI is InChI=1S/C36H50N4O4/c1-25(2)43-34(41)33(44-35(4,5)6)31-26(3)37-24-29(32(31)40-19-17-36(7,8)18-20-40)30-16-15-27(23-38-30)39(9)21-22-42-28-13-11-10-12-14-28/h10-16,23-25,33H,17-22H2,1-9H3/t33-/m0/s1. The number of likely N-dealkylation sites (N-methyl/N-ethyl adjacent to an activating group) is 1. The number of hydrogen-bond donors (Lipinski definition) is 0. The van der Waals surface area contributed by atoms with Gasteiger partial charge >= 0.3 is 5.97 Å². The lowest BCUT2D eigenvalue weighted by atomic mass is 9.82. The number of carbonyl (C=O) groups is 1. The molecular weight excluding hydrogens is 552 g/mol. The number of aromatic nitrogens is 2. The minimum absolute atomic E-state index is 0.255. The van der Waals surface area contributed by atoms with Crippen LogP contribution in [0.2, 0.25) is 0 Å². The molecule has 0 saturated carbocycles. The molecule has 1 aliphatic heterocycles. The van der Waals surface area contributed by atoms with Gasteiger partial charge in [0.1, 0.15) is 12.4 Å². The number of esters is 1. The first-order valence-electron chi connectivity index (χ1n) is 15.7. The van der Waals surface area contributed by atoms with Crippen LogP contribution < -0.4 is 14.5 Å². The third-order valence-corrected chi connectivity index (χ3v) is 7.92. The number of anilines is 2. The summed E-state index contributed by atoms with van der Waals surface area (Å²) < 4.78 is 18.1. The van der Waals surface area contributed by atoms with Crippen molar-refractivity contribution in [2.45, 2.75) is 86.0 Å². The number of pyridine rings is 2. The first-order valence-corrected chi connectivity index (χ1v) is 15.7. The van der Waals surface area contributed by atoms with E-state index in [4.69, 9.17) is 24.2 Å². The van der Waals surface area contributed by atoms with E-state index in [0.717, 1.165) is 65.6 Å². The molecule has 0 N–H and O–H groups in total. The van der Waals surface area contributed by atoms with E-state index in [0.29, 0.717) is 13.2 Å². The molecule has 2 aromatic heterocycles. The largest absolute Gasteiger partial charge is 0.492 e. The van der Waals surface area contributed by atoms with Crippen LogP contribution in [0.5, 0.6) is 5.75 Å². The molecule has 3 aromatic rings. The van der Waals surface area contributed by atoms with Crippen LogP contribution in [0.1, 0.15) is 78.7 Å². The lowest BCUT2D eigenvalue weighted by molar-refractivity contribution is -0.171. The van der Waals surface area contributed by atoms with Crippen molar-refractivity contribution in [1.29, 1.82) is 0 Å². The van der Waals surface area contributed by atoms with Crippen molar-refractivity contribution in [3.8, 4) is 17.0 Å². The summed E-state index contributed by atoms with van der Waals surface area (Å²) in [7, 11) is 2.03. The minimum Gasteiger partial charge on any atom is -0.492 e. The maximum atomic E-state index is 13.6. The Hall–Kier alpha value is -3.65. The molecule has 0 aliphatic carbocycles. The number of benzene rings is 1. The van der Waals surface area contributed by atoms with Gasteiger partial charge in [-0.25, -0.2) is 4.79 Å². The van der Waals surface area contributed by atoms with Crippen LogP contribution in [0.25, 0.3) is 11.3 Å². The van der Waals surface area contributed by atoms with Crippen LogP contribution >= 0.6 is 0 Å². The Morgan fingerprint density at radius 2 is 1.70 bits per heavy atom. The summed E-state index contributed by atoms with van der Waals surface area (Å²) in [5.74, 6) is 0.454. The summed E-state index contributed by atoms with van der Waals surface area (Å²) in [6.07, 6.45) is 4.65. The van der Waals surface area contributed by atoms with Crippen molar-refractivity contribution in [2.75, 3.05) is 43.1 Å². The maximum Gasteiger partial charge on any atom is 0.340 e. The Morgan fingerprint density at radius 3 is 2.30 bits per heavy atom. The van der Waals surface area contributed by atoms with E-state index in [1.54, 1.807) is 0 Å².